The Hall–Kier alpha value is -4.95. The van der Waals surface area contributed by atoms with E-state index < -0.39 is 6.04 Å². The van der Waals surface area contributed by atoms with Crippen LogP contribution in [0.4, 0.5) is 0 Å². The zero-order valence-electron chi connectivity index (χ0n) is 24.5. The fourth-order valence-corrected chi connectivity index (χ4v) is 6.20. The maximum Gasteiger partial charge on any atom is 0.247 e. The summed E-state index contributed by atoms with van der Waals surface area (Å²) in [6, 6.07) is 27.2. The molecule has 3 heterocycles. The fraction of sp³-hybridized carbons (Fsp3) is 0.194. The van der Waals surface area contributed by atoms with Gasteiger partial charge in [-0.3, -0.25) is 9.59 Å². The highest BCUT2D eigenvalue weighted by Gasteiger charge is 2.34. The van der Waals surface area contributed by atoms with E-state index in [2.05, 4.69) is 27.1 Å². The van der Waals surface area contributed by atoms with Crippen LogP contribution in [-0.2, 0) is 35.5 Å². The molecule has 0 saturated heterocycles. The molecule has 1 aliphatic rings. The summed E-state index contributed by atoms with van der Waals surface area (Å²) in [5, 5.41) is 0.930. The highest BCUT2D eigenvalue weighted by Crippen LogP contribution is 2.24. The van der Waals surface area contributed by atoms with Gasteiger partial charge in [0.25, 0.3) is 0 Å². The number of fused-ring (bicyclic) bond motifs is 1. The van der Waals surface area contributed by atoms with Gasteiger partial charge in [0, 0.05) is 61.2 Å². The molecule has 2 aromatic heterocycles. The molecule has 0 unspecified atom stereocenters. The Morgan fingerprint density at radius 2 is 1.61 bits per heavy atom. The molecule has 0 bridgehead atoms. The number of hydrogen-bond acceptors (Lipinski definition) is 6. The third-order valence-corrected chi connectivity index (χ3v) is 8.70. The van der Waals surface area contributed by atoms with Crippen LogP contribution in [0.25, 0.3) is 17.5 Å². The number of carbonyl (C=O) groups excluding carboxylic acids is 2. The first-order valence-corrected chi connectivity index (χ1v) is 15.5. The minimum atomic E-state index is -0.694. The van der Waals surface area contributed by atoms with Crippen molar-refractivity contribution in [1.29, 1.82) is 0 Å². The van der Waals surface area contributed by atoms with Crippen molar-refractivity contribution in [2.75, 3.05) is 6.54 Å². The van der Waals surface area contributed by atoms with Crippen molar-refractivity contribution >= 4 is 29.2 Å². The lowest BCUT2D eigenvalue weighted by Crippen LogP contribution is -2.52. The summed E-state index contributed by atoms with van der Waals surface area (Å²) in [6.07, 6.45) is 9.75. The topological polar surface area (TPSA) is 79.3 Å². The Balaban J connectivity index is 1.34. The number of aryl methyl sites for hydroxylation is 1. The highest BCUT2D eigenvalue weighted by molar-refractivity contribution is 7.12. The average molecular weight is 600 g/mol. The Bertz CT molecular complexity index is 1750. The van der Waals surface area contributed by atoms with E-state index in [0.717, 1.165) is 38.6 Å². The van der Waals surface area contributed by atoms with Gasteiger partial charge in [0.15, 0.2) is 5.82 Å². The quantitative estimate of drug-likeness (QED) is 0.190. The van der Waals surface area contributed by atoms with Gasteiger partial charge in [0.05, 0.1) is 5.01 Å². The van der Waals surface area contributed by atoms with Crippen LogP contribution in [0, 0.1) is 6.92 Å². The van der Waals surface area contributed by atoms with Crippen LogP contribution in [0.5, 0.6) is 0 Å². The van der Waals surface area contributed by atoms with Crippen molar-refractivity contribution < 1.29 is 9.59 Å². The molecule has 0 spiro atoms. The van der Waals surface area contributed by atoms with Crippen LogP contribution >= 0.6 is 11.3 Å². The second-order valence-electron chi connectivity index (χ2n) is 10.8. The predicted molar refractivity (Wildman–Crippen MR) is 173 cm³/mol. The molecule has 220 valence electrons. The van der Waals surface area contributed by atoms with Crippen LogP contribution < -0.4 is 0 Å². The third kappa shape index (κ3) is 6.98. The highest BCUT2D eigenvalue weighted by atomic mass is 32.1. The van der Waals surface area contributed by atoms with Crippen molar-refractivity contribution in [3.8, 4) is 11.4 Å². The van der Waals surface area contributed by atoms with E-state index in [1.807, 2.05) is 78.6 Å². The average Bonchev–Trinajstić information content (AvgIpc) is 3.50. The molecule has 0 N–H and O–H groups in total. The first-order valence-electron chi connectivity index (χ1n) is 14.7. The maximum absolute atomic E-state index is 14.4. The largest absolute Gasteiger partial charge is 0.336 e. The van der Waals surface area contributed by atoms with Gasteiger partial charge in [0.2, 0.25) is 11.8 Å². The van der Waals surface area contributed by atoms with E-state index in [9.17, 15) is 9.59 Å². The number of amides is 2. The molecule has 5 aromatic rings. The molecule has 8 heteroatoms. The van der Waals surface area contributed by atoms with Gasteiger partial charge < -0.3 is 9.80 Å². The molecule has 3 aromatic carbocycles. The lowest BCUT2D eigenvalue weighted by molar-refractivity contribution is -0.144. The van der Waals surface area contributed by atoms with E-state index in [-0.39, 0.29) is 18.4 Å². The normalized spacial score (nSPS) is 13.4. The van der Waals surface area contributed by atoms with Gasteiger partial charge in [-0.1, -0.05) is 78.9 Å². The Labute approximate surface area is 261 Å². The van der Waals surface area contributed by atoms with Crippen LogP contribution in [0.3, 0.4) is 0 Å². The van der Waals surface area contributed by atoms with E-state index in [1.165, 1.54) is 16.9 Å². The SMILES string of the molecule is Cc1ncc(/C=C/C(=O)N(Cc2ccc(-c3ncccn3)cc2)[C@@H](Cc2ccccc2)C(=O)N2CCc3ccccc3C2)s1. The first kappa shape index (κ1) is 29.1. The molecular formula is C36H33N5O2S. The molecule has 6 rings (SSSR count). The maximum atomic E-state index is 14.4. The van der Waals surface area contributed by atoms with E-state index in [4.69, 9.17) is 0 Å². The summed E-state index contributed by atoms with van der Waals surface area (Å²) < 4.78 is 0. The molecule has 7 nitrogen and oxygen atoms in total. The van der Waals surface area contributed by atoms with Gasteiger partial charge in [0.1, 0.15) is 6.04 Å². The molecule has 0 saturated carbocycles. The molecule has 0 fully saturated rings. The molecular weight excluding hydrogens is 566 g/mol. The summed E-state index contributed by atoms with van der Waals surface area (Å²) in [5.74, 6) is 0.364. The number of benzene rings is 3. The van der Waals surface area contributed by atoms with Crippen molar-refractivity contribution in [1.82, 2.24) is 24.8 Å². The standard InChI is InChI=1S/C36H33N5O2S/c1-26-39-23-32(44-26)16-17-34(42)41(24-28-12-14-30(15-13-28)35-37-19-7-20-38-35)33(22-27-8-3-2-4-9-27)36(43)40-21-18-29-10-5-6-11-31(29)25-40/h2-17,19-20,23,33H,18,21-22,24-25H2,1H3/b17-16+/t33-/m0/s1. The Morgan fingerprint density at radius 3 is 2.34 bits per heavy atom. The van der Waals surface area contributed by atoms with E-state index in [1.54, 1.807) is 41.7 Å². The minimum Gasteiger partial charge on any atom is -0.336 e. The molecule has 1 atom stereocenters. The van der Waals surface area contributed by atoms with Crippen molar-refractivity contribution in [2.45, 2.75) is 38.9 Å². The molecule has 0 aliphatic carbocycles. The molecule has 1 aliphatic heterocycles. The minimum absolute atomic E-state index is 0.0481. The fourth-order valence-electron chi connectivity index (χ4n) is 5.51. The summed E-state index contributed by atoms with van der Waals surface area (Å²) >= 11 is 1.52. The number of thiazole rings is 1. The molecule has 2 amide bonds. The lowest BCUT2D eigenvalue weighted by Gasteiger charge is -2.37. The number of carbonyl (C=O) groups is 2. The smallest absolute Gasteiger partial charge is 0.247 e. The zero-order chi connectivity index (χ0) is 30.3. The second-order valence-corrected chi connectivity index (χ2v) is 12.1. The number of nitrogens with zero attached hydrogens (tertiary/aromatic N) is 5. The second kappa shape index (κ2) is 13.6. The van der Waals surface area contributed by atoms with Crippen LogP contribution in [0.15, 0.2) is 110 Å². The number of aromatic nitrogens is 3. The Kier molecular flexibility index (Phi) is 8.98. The van der Waals surface area contributed by atoms with Gasteiger partial charge in [-0.2, -0.15) is 0 Å². The Morgan fingerprint density at radius 1 is 0.886 bits per heavy atom. The van der Waals surface area contributed by atoms with E-state index in [0.29, 0.717) is 25.3 Å². The summed E-state index contributed by atoms with van der Waals surface area (Å²) in [5.41, 5.74) is 5.23. The van der Waals surface area contributed by atoms with Crippen LogP contribution in [0.1, 0.15) is 32.1 Å². The third-order valence-electron chi connectivity index (χ3n) is 7.82. The van der Waals surface area contributed by atoms with Crippen molar-refractivity contribution in [3.63, 3.8) is 0 Å². The van der Waals surface area contributed by atoms with E-state index >= 15 is 0 Å². The van der Waals surface area contributed by atoms with Gasteiger partial charge in [-0.15, -0.1) is 11.3 Å². The summed E-state index contributed by atoms with van der Waals surface area (Å²) in [4.78, 5) is 46.0. The van der Waals surface area contributed by atoms with Gasteiger partial charge in [-0.25, -0.2) is 15.0 Å². The monoisotopic (exact) mass is 599 g/mol. The van der Waals surface area contributed by atoms with Crippen molar-refractivity contribution in [2.24, 2.45) is 0 Å². The first-order chi connectivity index (χ1) is 21.5. The van der Waals surface area contributed by atoms with Gasteiger partial charge in [-0.05, 0) is 47.7 Å². The summed E-state index contributed by atoms with van der Waals surface area (Å²) in [6.45, 7) is 3.36. The van der Waals surface area contributed by atoms with Crippen LogP contribution in [-0.4, -0.2) is 49.2 Å². The predicted octanol–water partition coefficient (Wildman–Crippen LogP) is 6.15. The zero-order valence-corrected chi connectivity index (χ0v) is 25.4. The number of hydrogen-bond donors (Lipinski definition) is 0. The number of rotatable bonds is 9. The van der Waals surface area contributed by atoms with Crippen LogP contribution in [0.2, 0.25) is 0 Å². The lowest BCUT2D eigenvalue weighted by atomic mass is 9.97. The molecule has 0 radical (unpaired) electrons. The van der Waals surface area contributed by atoms with Gasteiger partial charge >= 0.3 is 0 Å². The van der Waals surface area contributed by atoms with Crippen molar-refractivity contribution in [3.05, 3.63) is 142 Å². The molecule has 44 heavy (non-hydrogen) atoms. The summed E-state index contributed by atoms with van der Waals surface area (Å²) in [7, 11) is 0.